The van der Waals surface area contributed by atoms with Crippen LogP contribution in [0.5, 0.6) is 0 Å². The lowest BCUT2D eigenvalue weighted by Crippen LogP contribution is -2.41. The number of nitrogens with one attached hydrogen (secondary N) is 1. The van der Waals surface area contributed by atoms with E-state index >= 15 is 0 Å². The maximum atomic E-state index is 12.8. The molecule has 1 aliphatic heterocycles. The molecule has 1 heterocycles. The second-order valence-corrected chi connectivity index (χ2v) is 12.5. The molecule has 6 nitrogen and oxygen atoms in total. The van der Waals surface area contributed by atoms with Crippen molar-refractivity contribution in [1.82, 2.24) is 5.32 Å². The van der Waals surface area contributed by atoms with Gasteiger partial charge in [-0.05, 0) is 66.5 Å². The summed E-state index contributed by atoms with van der Waals surface area (Å²) in [6, 6.07) is 15.4. The predicted octanol–water partition coefficient (Wildman–Crippen LogP) is 4.86. The van der Waals surface area contributed by atoms with E-state index in [0.717, 1.165) is 34.8 Å². The van der Waals surface area contributed by atoms with E-state index in [1.54, 1.807) is 12.1 Å². The van der Waals surface area contributed by atoms with Crippen molar-refractivity contribution in [2.75, 3.05) is 35.1 Å². The SMILES string of the molecule is CC1CCCN(c2ccc(C(C)NC(=O)CN(c3ccc(C(C)(C)C)cc3)S(C)(=O)=O)cc2)C1. The van der Waals surface area contributed by atoms with Gasteiger partial charge in [0.25, 0.3) is 0 Å². The highest BCUT2D eigenvalue weighted by Gasteiger charge is 2.23. The molecule has 1 amide bonds. The largest absolute Gasteiger partial charge is 0.371 e. The molecule has 2 aromatic rings. The Labute approximate surface area is 205 Å². The molecule has 1 N–H and O–H groups in total. The molecule has 0 aliphatic carbocycles. The quantitative estimate of drug-likeness (QED) is 0.608. The number of sulfonamides is 1. The molecule has 1 fully saturated rings. The van der Waals surface area contributed by atoms with Crippen LogP contribution in [0.25, 0.3) is 0 Å². The van der Waals surface area contributed by atoms with Crippen LogP contribution in [0.1, 0.15) is 64.6 Å². The van der Waals surface area contributed by atoms with Crippen molar-refractivity contribution in [1.29, 1.82) is 0 Å². The van der Waals surface area contributed by atoms with E-state index < -0.39 is 10.0 Å². The maximum absolute atomic E-state index is 12.8. The first-order chi connectivity index (χ1) is 15.8. The lowest BCUT2D eigenvalue weighted by atomic mass is 9.87. The number of rotatable bonds is 7. The minimum atomic E-state index is -3.62. The van der Waals surface area contributed by atoms with Crippen LogP contribution in [0.3, 0.4) is 0 Å². The molecule has 0 aromatic heterocycles. The number of amides is 1. The standard InChI is InChI=1S/C27H39N3O3S/c1-20-8-7-17-29(18-20)24-13-9-22(10-14-24)21(2)28-26(31)19-30(34(6,32)33)25-15-11-23(12-16-25)27(3,4)5/h9-16,20-21H,7-8,17-19H2,1-6H3,(H,28,31). The summed E-state index contributed by atoms with van der Waals surface area (Å²) in [5, 5.41) is 2.95. The van der Waals surface area contributed by atoms with E-state index in [4.69, 9.17) is 0 Å². The highest BCUT2D eigenvalue weighted by molar-refractivity contribution is 7.92. The third-order valence-electron chi connectivity index (χ3n) is 6.50. The summed E-state index contributed by atoms with van der Waals surface area (Å²) < 4.78 is 26.1. The second-order valence-electron chi connectivity index (χ2n) is 10.6. The Hall–Kier alpha value is -2.54. The van der Waals surface area contributed by atoms with Gasteiger partial charge >= 0.3 is 0 Å². The van der Waals surface area contributed by atoms with Gasteiger partial charge in [-0.15, -0.1) is 0 Å². The number of piperidine rings is 1. The monoisotopic (exact) mass is 485 g/mol. The Morgan fingerprint density at radius 1 is 1.12 bits per heavy atom. The first-order valence-electron chi connectivity index (χ1n) is 12.1. The van der Waals surface area contributed by atoms with Crippen LogP contribution in [0, 0.1) is 5.92 Å². The highest BCUT2D eigenvalue weighted by atomic mass is 32.2. The molecule has 2 atom stereocenters. The topological polar surface area (TPSA) is 69.7 Å². The molecule has 2 unspecified atom stereocenters. The minimum absolute atomic E-state index is 0.0386. The van der Waals surface area contributed by atoms with E-state index in [2.05, 4.69) is 50.0 Å². The molecule has 3 rings (SSSR count). The normalized spacial score (nSPS) is 17.8. The van der Waals surface area contributed by atoms with Crippen LogP contribution in [0.2, 0.25) is 0 Å². The molecular weight excluding hydrogens is 446 g/mol. The number of carbonyl (C=O) groups is 1. The van der Waals surface area contributed by atoms with Gasteiger partial charge in [0, 0.05) is 18.8 Å². The summed E-state index contributed by atoms with van der Waals surface area (Å²) in [7, 11) is -3.62. The lowest BCUT2D eigenvalue weighted by molar-refractivity contribution is -0.120. The number of hydrogen-bond donors (Lipinski definition) is 1. The van der Waals surface area contributed by atoms with Crippen molar-refractivity contribution in [3.63, 3.8) is 0 Å². The zero-order chi connectivity index (χ0) is 25.1. The summed E-state index contributed by atoms with van der Waals surface area (Å²) >= 11 is 0. The molecule has 0 spiro atoms. The highest BCUT2D eigenvalue weighted by Crippen LogP contribution is 2.27. The first kappa shape index (κ1) is 26.1. The Balaban J connectivity index is 1.66. The van der Waals surface area contributed by atoms with Gasteiger partial charge in [-0.1, -0.05) is 52.0 Å². The van der Waals surface area contributed by atoms with Crippen LogP contribution < -0.4 is 14.5 Å². The fourth-order valence-electron chi connectivity index (χ4n) is 4.43. The van der Waals surface area contributed by atoms with Crippen molar-refractivity contribution in [2.24, 2.45) is 5.92 Å². The number of nitrogens with zero attached hydrogens (tertiary/aromatic N) is 2. The van der Waals surface area contributed by atoms with Gasteiger partial charge in [0.15, 0.2) is 0 Å². The average Bonchev–Trinajstić information content (AvgIpc) is 2.76. The Morgan fingerprint density at radius 3 is 2.26 bits per heavy atom. The summed E-state index contributed by atoms with van der Waals surface area (Å²) in [5.74, 6) is 0.362. The van der Waals surface area contributed by atoms with Gasteiger partial charge in [0.1, 0.15) is 6.54 Å². The zero-order valence-corrected chi connectivity index (χ0v) is 22.2. The molecule has 2 aromatic carbocycles. The van der Waals surface area contributed by atoms with E-state index in [9.17, 15) is 13.2 Å². The minimum Gasteiger partial charge on any atom is -0.371 e. The molecule has 1 saturated heterocycles. The molecular formula is C27H39N3O3S. The summed E-state index contributed by atoms with van der Waals surface area (Å²) in [4.78, 5) is 15.2. The van der Waals surface area contributed by atoms with Crippen LogP contribution in [0.15, 0.2) is 48.5 Å². The second kappa shape index (κ2) is 10.4. The van der Waals surface area contributed by atoms with E-state index in [1.807, 2.05) is 31.2 Å². The van der Waals surface area contributed by atoms with E-state index in [1.165, 1.54) is 18.5 Å². The fourth-order valence-corrected chi connectivity index (χ4v) is 5.28. The van der Waals surface area contributed by atoms with Crippen LogP contribution in [0.4, 0.5) is 11.4 Å². The van der Waals surface area contributed by atoms with Gasteiger partial charge < -0.3 is 10.2 Å². The Kier molecular flexibility index (Phi) is 7.96. The molecule has 1 aliphatic rings. The molecule has 7 heteroatoms. The lowest BCUT2D eigenvalue weighted by Gasteiger charge is -2.33. The van der Waals surface area contributed by atoms with Crippen molar-refractivity contribution < 1.29 is 13.2 Å². The Morgan fingerprint density at radius 2 is 1.74 bits per heavy atom. The van der Waals surface area contributed by atoms with Gasteiger partial charge in [-0.2, -0.15) is 0 Å². The predicted molar refractivity (Wildman–Crippen MR) is 141 cm³/mol. The average molecular weight is 486 g/mol. The van der Waals surface area contributed by atoms with Crippen LogP contribution >= 0.6 is 0 Å². The van der Waals surface area contributed by atoms with Gasteiger partial charge in [0.2, 0.25) is 15.9 Å². The zero-order valence-electron chi connectivity index (χ0n) is 21.3. The molecule has 0 saturated carbocycles. The number of carbonyl (C=O) groups excluding carboxylic acids is 1. The van der Waals surface area contributed by atoms with Crippen molar-refractivity contribution in [3.05, 3.63) is 59.7 Å². The van der Waals surface area contributed by atoms with Gasteiger partial charge in [-0.3, -0.25) is 9.10 Å². The van der Waals surface area contributed by atoms with Crippen molar-refractivity contribution >= 4 is 27.3 Å². The van der Waals surface area contributed by atoms with Crippen LogP contribution in [-0.2, 0) is 20.2 Å². The number of hydrogen-bond acceptors (Lipinski definition) is 4. The summed E-state index contributed by atoms with van der Waals surface area (Å²) in [6.45, 7) is 12.4. The molecule has 34 heavy (non-hydrogen) atoms. The third-order valence-corrected chi connectivity index (χ3v) is 7.64. The Bertz CT molecular complexity index is 1070. The number of anilines is 2. The van der Waals surface area contributed by atoms with Crippen molar-refractivity contribution in [2.45, 2.75) is 58.9 Å². The van der Waals surface area contributed by atoms with Gasteiger partial charge in [-0.25, -0.2) is 8.42 Å². The van der Waals surface area contributed by atoms with Crippen molar-refractivity contribution in [3.8, 4) is 0 Å². The van der Waals surface area contributed by atoms with Crippen LogP contribution in [-0.4, -0.2) is 40.2 Å². The molecule has 0 bridgehead atoms. The first-order valence-corrected chi connectivity index (χ1v) is 13.9. The smallest absolute Gasteiger partial charge is 0.241 e. The fraction of sp³-hybridized carbons (Fsp3) is 0.519. The third kappa shape index (κ3) is 6.75. The van der Waals surface area contributed by atoms with E-state index in [0.29, 0.717) is 11.6 Å². The maximum Gasteiger partial charge on any atom is 0.241 e. The molecule has 0 radical (unpaired) electrons. The number of benzene rings is 2. The summed E-state index contributed by atoms with van der Waals surface area (Å²) in [6.07, 6.45) is 3.62. The molecule has 186 valence electrons. The van der Waals surface area contributed by atoms with Gasteiger partial charge in [0.05, 0.1) is 18.0 Å². The van der Waals surface area contributed by atoms with E-state index in [-0.39, 0.29) is 23.9 Å². The summed E-state index contributed by atoms with van der Waals surface area (Å²) in [5.41, 5.74) is 3.74.